The Bertz CT molecular complexity index is 531. The summed E-state index contributed by atoms with van der Waals surface area (Å²) >= 11 is 7.48. The van der Waals surface area contributed by atoms with E-state index in [-0.39, 0.29) is 0 Å². The fourth-order valence-electron chi connectivity index (χ4n) is 2.00. The van der Waals surface area contributed by atoms with Crippen molar-refractivity contribution in [3.05, 3.63) is 64.2 Å². The number of hydrogen-bond donors (Lipinski definition) is 1. The Morgan fingerprint density at radius 3 is 2.21 bits per heavy atom. The highest BCUT2D eigenvalue weighted by atomic mass is 35.5. The molecule has 1 unspecified atom stereocenters. The van der Waals surface area contributed by atoms with Gasteiger partial charge in [0.15, 0.2) is 0 Å². The lowest BCUT2D eigenvalue weighted by atomic mass is 10.0. The number of rotatable bonds is 4. The van der Waals surface area contributed by atoms with E-state index in [4.69, 9.17) is 11.6 Å². The van der Waals surface area contributed by atoms with Gasteiger partial charge in [0.25, 0.3) is 0 Å². The number of aliphatic hydroxyl groups excluding tert-OH is 1. The lowest BCUT2D eigenvalue weighted by molar-refractivity contribution is 0.204. The molecule has 1 N–H and O–H groups in total. The fraction of sp³-hybridized carbons (Fsp3) is 0.250. The monoisotopic (exact) mass is 292 g/mol. The van der Waals surface area contributed by atoms with Crippen molar-refractivity contribution >= 4 is 23.4 Å². The molecule has 0 aromatic heterocycles. The Morgan fingerprint density at radius 1 is 1.05 bits per heavy atom. The van der Waals surface area contributed by atoms with Crippen molar-refractivity contribution in [2.75, 3.05) is 5.75 Å². The zero-order valence-electron chi connectivity index (χ0n) is 11.1. The van der Waals surface area contributed by atoms with Crippen LogP contribution in [0.2, 0.25) is 5.02 Å². The molecule has 0 fully saturated rings. The summed E-state index contributed by atoms with van der Waals surface area (Å²) < 4.78 is 0. The predicted molar refractivity (Wildman–Crippen MR) is 83.1 cm³/mol. The Labute approximate surface area is 123 Å². The Hall–Kier alpha value is -0.960. The van der Waals surface area contributed by atoms with Gasteiger partial charge in [0.2, 0.25) is 0 Å². The molecule has 1 atom stereocenters. The molecule has 2 aromatic carbocycles. The van der Waals surface area contributed by atoms with Gasteiger partial charge >= 0.3 is 0 Å². The summed E-state index contributed by atoms with van der Waals surface area (Å²) in [5.74, 6) is 0.643. The first-order valence-electron chi connectivity index (χ1n) is 6.19. The van der Waals surface area contributed by atoms with E-state index in [9.17, 15) is 5.11 Å². The van der Waals surface area contributed by atoms with Crippen LogP contribution in [0.3, 0.4) is 0 Å². The third kappa shape index (κ3) is 4.27. The van der Waals surface area contributed by atoms with Crippen molar-refractivity contribution in [2.24, 2.45) is 0 Å². The van der Waals surface area contributed by atoms with Crippen LogP contribution in [0.15, 0.2) is 47.4 Å². The second-order valence-electron chi connectivity index (χ2n) is 4.70. The molecule has 0 aliphatic heterocycles. The van der Waals surface area contributed by atoms with Crippen LogP contribution in [-0.4, -0.2) is 10.9 Å². The summed E-state index contributed by atoms with van der Waals surface area (Å²) in [7, 11) is 0. The SMILES string of the molecule is Cc1cc(C)cc(C(O)CSc2ccc(Cl)cc2)c1. The number of thioether (sulfide) groups is 1. The Balaban J connectivity index is 2.00. The van der Waals surface area contributed by atoms with Crippen molar-refractivity contribution in [3.8, 4) is 0 Å². The van der Waals surface area contributed by atoms with E-state index in [0.717, 1.165) is 15.5 Å². The number of benzene rings is 2. The molecule has 0 saturated carbocycles. The molecule has 0 saturated heterocycles. The van der Waals surface area contributed by atoms with Gasteiger partial charge in [0.1, 0.15) is 0 Å². The lowest BCUT2D eigenvalue weighted by Crippen LogP contribution is -2.01. The van der Waals surface area contributed by atoms with E-state index in [2.05, 4.69) is 19.9 Å². The van der Waals surface area contributed by atoms with E-state index in [0.29, 0.717) is 5.75 Å². The molecular weight excluding hydrogens is 276 g/mol. The third-order valence-electron chi connectivity index (χ3n) is 2.85. The van der Waals surface area contributed by atoms with Gasteiger partial charge in [-0.3, -0.25) is 0 Å². The van der Waals surface area contributed by atoms with Crippen LogP contribution >= 0.6 is 23.4 Å². The first kappa shape index (κ1) is 14.4. The highest BCUT2D eigenvalue weighted by molar-refractivity contribution is 7.99. The smallest absolute Gasteiger partial charge is 0.0884 e. The van der Waals surface area contributed by atoms with Gasteiger partial charge in [-0.15, -0.1) is 11.8 Å². The Kier molecular flexibility index (Phi) is 4.92. The first-order valence-corrected chi connectivity index (χ1v) is 7.55. The van der Waals surface area contributed by atoms with E-state index < -0.39 is 6.10 Å². The largest absolute Gasteiger partial charge is 0.388 e. The van der Waals surface area contributed by atoms with Gasteiger partial charge in [-0.25, -0.2) is 0 Å². The minimum Gasteiger partial charge on any atom is -0.388 e. The molecular formula is C16H17ClOS. The van der Waals surface area contributed by atoms with Gasteiger partial charge in [-0.1, -0.05) is 40.9 Å². The highest BCUT2D eigenvalue weighted by Crippen LogP contribution is 2.26. The molecule has 0 aliphatic carbocycles. The van der Waals surface area contributed by atoms with Gasteiger partial charge < -0.3 is 5.11 Å². The minimum atomic E-state index is -0.445. The van der Waals surface area contributed by atoms with E-state index in [1.165, 1.54) is 11.1 Å². The van der Waals surface area contributed by atoms with E-state index >= 15 is 0 Å². The standard InChI is InChI=1S/C16H17ClOS/c1-11-7-12(2)9-13(8-11)16(18)10-19-15-5-3-14(17)4-6-15/h3-9,16,18H,10H2,1-2H3. The zero-order chi connectivity index (χ0) is 13.8. The Morgan fingerprint density at radius 2 is 1.63 bits per heavy atom. The topological polar surface area (TPSA) is 20.2 Å². The molecule has 0 radical (unpaired) electrons. The van der Waals surface area contributed by atoms with Crippen LogP contribution in [0.5, 0.6) is 0 Å². The molecule has 0 amide bonds. The number of hydrogen-bond acceptors (Lipinski definition) is 2. The van der Waals surface area contributed by atoms with Crippen molar-refractivity contribution < 1.29 is 5.11 Å². The van der Waals surface area contributed by atoms with Gasteiger partial charge in [-0.05, 0) is 43.7 Å². The molecule has 0 heterocycles. The van der Waals surface area contributed by atoms with Crippen LogP contribution in [0.25, 0.3) is 0 Å². The van der Waals surface area contributed by atoms with Crippen LogP contribution in [-0.2, 0) is 0 Å². The molecule has 1 nitrogen and oxygen atoms in total. The predicted octanol–water partition coefficient (Wildman–Crippen LogP) is 4.78. The maximum Gasteiger partial charge on any atom is 0.0884 e. The summed E-state index contributed by atoms with van der Waals surface area (Å²) in [5, 5.41) is 11.0. The number of aliphatic hydroxyl groups is 1. The van der Waals surface area contributed by atoms with Crippen LogP contribution < -0.4 is 0 Å². The molecule has 2 rings (SSSR count). The minimum absolute atomic E-state index is 0.445. The second-order valence-corrected chi connectivity index (χ2v) is 6.23. The van der Waals surface area contributed by atoms with Gasteiger partial charge in [0, 0.05) is 15.7 Å². The van der Waals surface area contributed by atoms with Crippen molar-refractivity contribution in [3.63, 3.8) is 0 Å². The first-order chi connectivity index (χ1) is 9.04. The fourth-order valence-corrected chi connectivity index (χ4v) is 3.00. The number of halogens is 1. The van der Waals surface area contributed by atoms with Crippen LogP contribution in [0.4, 0.5) is 0 Å². The summed E-state index contributed by atoms with van der Waals surface area (Å²) in [6.45, 7) is 4.10. The number of aryl methyl sites for hydroxylation is 2. The zero-order valence-corrected chi connectivity index (χ0v) is 12.6. The molecule has 19 heavy (non-hydrogen) atoms. The molecule has 2 aromatic rings. The molecule has 0 spiro atoms. The van der Waals surface area contributed by atoms with Gasteiger partial charge in [0.05, 0.1) is 6.10 Å². The summed E-state index contributed by atoms with van der Waals surface area (Å²) in [6, 6.07) is 13.9. The van der Waals surface area contributed by atoms with Crippen molar-refractivity contribution in [1.82, 2.24) is 0 Å². The average Bonchev–Trinajstić information content (AvgIpc) is 2.36. The van der Waals surface area contributed by atoms with Crippen LogP contribution in [0.1, 0.15) is 22.8 Å². The molecule has 0 aliphatic rings. The van der Waals surface area contributed by atoms with Crippen molar-refractivity contribution in [1.29, 1.82) is 0 Å². The van der Waals surface area contributed by atoms with Crippen molar-refractivity contribution in [2.45, 2.75) is 24.8 Å². The van der Waals surface area contributed by atoms with E-state index in [1.807, 2.05) is 36.4 Å². The quantitative estimate of drug-likeness (QED) is 0.818. The average molecular weight is 293 g/mol. The second kappa shape index (κ2) is 6.47. The summed E-state index contributed by atoms with van der Waals surface area (Å²) in [5.41, 5.74) is 3.36. The summed E-state index contributed by atoms with van der Waals surface area (Å²) in [4.78, 5) is 1.12. The van der Waals surface area contributed by atoms with E-state index in [1.54, 1.807) is 11.8 Å². The molecule has 0 bridgehead atoms. The normalized spacial score (nSPS) is 12.4. The highest BCUT2D eigenvalue weighted by Gasteiger charge is 2.09. The van der Waals surface area contributed by atoms with Crippen LogP contribution in [0, 0.1) is 13.8 Å². The maximum atomic E-state index is 10.2. The molecule has 3 heteroatoms. The summed E-state index contributed by atoms with van der Waals surface area (Å²) in [6.07, 6.45) is -0.445. The van der Waals surface area contributed by atoms with Gasteiger partial charge in [-0.2, -0.15) is 0 Å². The maximum absolute atomic E-state index is 10.2. The molecule has 100 valence electrons. The third-order valence-corrected chi connectivity index (χ3v) is 4.19. The lowest BCUT2D eigenvalue weighted by Gasteiger charge is -2.12.